The first kappa shape index (κ1) is 10.0. The summed E-state index contributed by atoms with van der Waals surface area (Å²) in [5, 5.41) is 0. The minimum Gasteiger partial charge on any atom is -0.497 e. The fourth-order valence-corrected chi connectivity index (χ4v) is 1.18. The molecule has 0 bridgehead atoms. The Balaban J connectivity index is 3.07. The van der Waals surface area contributed by atoms with E-state index in [4.69, 9.17) is 4.74 Å². The zero-order valence-corrected chi connectivity index (χ0v) is 8.79. The van der Waals surface area contributed by atoms with E-state index in [9.17, 15) is 0 Å². The highest BCUT2D eigenvalue weighted by molar-refractivity contribution is 5.28. The summed E-state index contributed by atoms with van der Waals surface area (Å²) in [5.74, 6) is 1.37. The fraction of sp³-hybridized carbons (Fsp3) is 0.545. The zero-order chi connectivity index (χ0) is 9.84. The highest BCUT2D eigenvalue weighted by Gasteiger charge is 2.04. The van der Waals surface area contributed by atoms with Crippen molar-refractivity contribution in [2.24, 2.45) is 0 Å². The molecule has 0 atom stereocenters. The maximum absolute atomic E-state index is 5.21. The average molecular weight is 179 g/mol. The van der Waals surface area contributed by atoms with Crippen LogP contribution < -0.4 is 4.74 Å². The number of hydrogen-bond donors (Lipinski definition) is 0. The van der Waals surface area contributed by atoms with Gasteiger partial charge in [-0.15, -0.1) is 0 Å². The van der Waals surface area contributed by atoms with Gasteiger partial charge >= 0.3 is 0 Å². The molecule has 0 amide bonds. The topological polar surface area (TPSA) is 22.1 Å². The van der Waals surface area contributed by atoms with Crippen LogP contribution in [-0.4, -0.2) is 12.1 Å². The lowest BCUT2D eigenvalue weighted by Gasteiger charge is -2.09. The molecule has 0 aromatic carbocycles. The van der Waals surface area contributed by atoms with Crippen molar-refractivity contribution in [2.45, 2.75) is 33.1 Å². The van der Waals surface area contributed by atoms with Crippen LogP contribution in [0.5, 0.6) is 5.75 Å². The first-order valence-corrected chi connectivity index (χ1v) is 4.72. The summed E-state index contributed by atoms with van der Waals surface area (Å²) in [7, 11) is 1.69. The van der Waals surface area contributed by atoms with Crippen molar-refractivity contribution in [1.29, 1.82) is 0 Å². The van der Waals surface area contributed by atoms with Crippen LogP contribution in [-0.2, 0) is 6.42 Å². The van der Waals surface area contributed by atoms with Crippen LogP contribution in [0, 0.1) is 0 Å². The molecule has 0 N–H and O–H groups in total. The van der Waals surface area contributed by atoms with Crippen molar-refractivity contribution in [3.8, 4) is 5.75 Å². The first-order valence-electron chi connectivity index (χ1n) is 4.72. The van der Waals surface area contributed by atoms with E-state index in [0.29, 0.717) is 5.92 Å². The molecule has 2 nitrogen and oxygen atoms in total. The second kappa shape index (κ2) is 4.26. The summed E-state index contributed by atoms with van der Waals surface area (Å²) in [6, 6.07) is 4.00. The Kier molecular flexibility index (Phi) is 3.29. The van der Waals surface area contributed by atoms with Gasteiger partial charge in [0.25, 0.3) is 0 Å². The van der Waals surface area contributed by atoms with Gasteiger partial charge in [-0.05, 0) is 12.3 Å². The molecule has 0 unspecified atom stereocenters. The Morgan fingerprint density at radius 1 is 1.38 bits per heavy atom. The Hall–Kier alpha value is -1.05. The van der Waals surface area contributed by atoms with Crippen LogP contribution in [0.2, 0.25) is 0 Å². The molecule has 0 aliphatic heterocycles. The number of hydrogen-bond acceptors (Lipinski definition) is 2. The summed E-state index contributed by atoms with van der Waals surface area (Å²) in [6.45, 7) is 6.38. The van der Waals surface area contributed by atoms with Gasteiger partial charge in [0, 0.05) is 23.5 Å². The zero-order valence-electron chi connectivity index (χ0n) is 8.79. The molecule has 1 aromatic heterocycles. The maximum Gasteiger partial charge on any atom is 0.122 e. The van der Waals surface area contributed by atoms with Gasteiger partial charge in [-0.2, -0.15) is 0 Å². The lowest BCUT2D eigenvalue weighted by molar-refractivity contribution is 0.412. The van der Waals surface area contributed by atoms with Gasteiger partial charge in [0.2, 0.25) is 0 Å². The molecule has 0 fully saturated rings. The number of pyridine rings is 1. The average Bonchev–Trinajstić information content (AvgIpc) is 2.16. The summed E-state index contributed by atoms with van der Waals surface area (Å²) in [5.41, 5.74) is 2.21. The largest absolute Gasteiger partial charge is 0.497 e. The van der Waals surface area contributed by atoms with Crippen LogP contribution in [0.25, 0.3) is 0 Å². The lowest BCUT2D eigenvalue weighted by atomic mass is 10.1. The van der Waals surface area contributed by atoms with E-state index in [1.54, 1.807) is 7.11 Å². The van der Waals surface area contributed by atoms with Gasteiger partial charge in [0.1, 0.15) is 5.75 Å². The summed E-state index contributed by atoms with van der Waals surface area (Å²) >= 11 is 0. The molecular weight excluding hydrogens is 162 g/mol. The van der Waals surface area contributed by atoms with Crippen molar-refractivity contribution >= 4 is 0 Å². The van der Waals surface area contributed by atoms with E-state index >= 15 is 0 Å². The standard InChI is InChI=1S/C11H17NO/c1-5-9-6-10(13-4)7-11(12-9)8(2)3/h6-8H,5H2,1-4H3. The van der Waals surface area contributed by atoms with E-state index in [-0.39, 0.29) is 0 Å². The molecule has 1 rings (SSSR count). The van der Waals surface area contributed by atoms with Gasteiger partial charge < -0.3 is 4.74 Å². The van der Waals surface area contributed by atoms with Crippen LogP contribution in [0.4, 0.5) is 0 Å². The number of aryl methyl sites for hydroxylation is 1. The molecule has 1 aromatic rings. The SMILES string of the molecule is CCc1cc(OC)cc(C(C)C)n1. The van der Waals surface area contributed by atoms with Crippen LogP contribution >= 0.6 is 0 Å². The van der Waals surface area contributed by atoms with Crippen LogP contribution in [0.15, 0.2) is 12.1 Å². The Bertz CT molecular complexity index is 259. The summed E-state index contributed by atoms with van der Waals surface area (Å²) < 4.78 is 5.21. The van der Waals surface area contributed by atoms with Crippen molar-refractivity contribution in [3.63, 3.8) is 0 Å². The third-order valence-electron chi connectivity index (χ3n) is 2.06. The minimum atomic E-state index is 0.459. The van der Waals surface area contributed by atoms with Crippen molar-refractivity contribution < 1.29 is 4.74 Å². The van der Waals surface area contributed by atoms with E-state index < -0.39 is 0 Å². The Morgan fingerprint density at radius 3 is 2.54 bits per heavy atom. The molecule has 13 heavy (non-hydrogen) atoms. The monoisotopic (exact) mass is 179 g/mol. The van der Waals surface area contributed by atoms with Crippen molar-refractivity contribution in [3.05, 3.63) is 23.5 Å². The molecule has 0 saturated heterocycles. The molecular formula is C11H17NO. The van der Waals surface area contributed by atoms with Crippen molar-refractivity contribution in [1.82, 2.24) is 4.98 Å². The Labute approximate surface area is 80.0 Å². The van der Waals surface area contributed by atoms with E-state index in [1.165, 1.54) is 0 Å². The number of methoxy groups -OCH3 is 1. The normalized spacial score (nSPS) is 10.5. The van der Waals surface area contributed by atoms with Gasteiger partial charge in [0.15, 0.2) is 0 Å². The van der Waals surface area contributed by atoms with E-state index in [2.05, 4.69) is 25.8 Å². The molecule has 0 aliphatic rings. The van der Waals surface area contributed by atoms with Gasteiger partial charge in [-0.3, -0.25) is 4.98 Å². The summed E-state index contributed by atoms with van der Waals surface area (Å²) in [4.78, 5) is 4.52. The highest BCUT2D eigenvalue weighted by Crippen LogP contribution is 2.19. The molecule has 0 radical (unpaired) electrons. The quantitative estimate of drug-likeness (QED) is 0.711. The number of rotatable bonds is 3. The van der Waals surface area contributed by atoms with Crippen LogP contribution in [0.1, 0.15) is 38.1 Å². The van der Waals surface area contributed by atoms with E-state index in [0.717, 1.165) is 23.6 Å². The van der Waals surface area contributed by atoms with E-state index in [1.807, 2.05) is 12.1 Å². The maximum atomic E-state index is 5.21. The number of nitrogens with zero attached hydrogens (tertiary/aromatic N) is 1. The molecule has 72 valence electrons. The fourth-order valence-electron chi connectivity index (χ4n) is 1.18. The third-order valence-corrected chi connectivity index (χ3v) is 2.06. The van der Waals surface area contributed by atoms with Gasteiger partial charge in [0.05, 0.1) is 7.11 Å². The molecule has 2 heteroatoms. The first-order chi connectivity index (χ1) is 6.17. The van der Waals surface area contributed by atoms with Gasteiger partial charge in [-0.1, -0.05) is 20.8 Å². The third kappa shape index (κ3) is 2.44. The number of aromatic nitrogens is 1. The molecule has 0 aliphatic carbocycles. The molecule has 1 heterocycles. The highest BCUT2D eigenvalue weighted by atomic mass is 16.5. The second-order valence-electron chi connectivity index (χ2n) is 3.43. The smallest absolute Gasteiger partial charge is 0.122 e. The predicted molar refractivity (Wildman–Crippen MR) is 54.3 cm³/mol. The predicted octanol–water partition coefficient (Wildman–Crippen LogP) is 2.78. The summed E-state index contributed by atoms with van der Waals surface area (Å²) in [6.07, 6.45) is 0.955. The second-order valence-corrected chi connectivity index (χ2v) is 3.43. The van der Waals surface area contributed by atoms with Crippen LogP contribution in [0.3, 0.4) is 0 Å². The molecule has 0 spiro atoms. The number of ether oxygens (including phenoxy) is 1. The van der Waals surface area contributed by atoms with Gasteiger partial charge in [-0.25, -0.2) is 0 Å². The lowest BCUT2D eigenvalue weighted by Crippen LogP contribution is -1.98. The minimum absolute atomic E-state index is 0.459. The van der Waals surface area contributed by atoms with Crippen molar-refractivity contribution in [2.75, 3.05) is 7.11 Å². The Morgan fingerprint density at radius 2 is 2.08 bits per heavy atom. The molecule has 0 saturated carbocycles.